The van der Waals surface area contributed by atoms with E-state index in [0.717, 1.165) is 27.1 Å². The average molecular weight is 312 g/mol. The molecule has 0 bridgehead atoms. The molecule has 0 saturated carbocycles. The molecular formula is C16H14ClN5. The van der Waals surface area contributed by atoms with Crippen LogP contribution in [0.4, 0.5) is 0 Å². The van der Waals surface area contributed by atoms with Crippen LogP contribution in [0.25, 0.3) is 10.9 Å². The molecule has 1 unspecified atom stereocenters. The summed E-state index contributed by atoms with van der Waals surface area (Å²) in [6.07, 6.45) is 11.4. The molecule has 0 fully saturated rings. The number of H-pyrrole nitrogens is 1. The van der Waals surface area contributed by atoms with Crippen molar-refractivity contribution in [3.05, 3.63) is 71.7 Å². The van der Waals surface area contributed by atoms with E-state index >= 15 is 0 Å². The molecule has 4 aromatic rings. The first-order valence-corrected chi connectivity index (χ1v) is 7.33. The number of hydrogen-bond donors (Lipinski definition) is 1. The highest BCUT2D eigenvalue weighted by Gasteiger charge is 2.22. The van der Waals surface area contributed by atoms with E-state index in [1.165, 1.54) is 0 Å². The number of rotatable bonds is 3. The van der Waals surface area contributed by atoms with E-state index in [2.05, 4.69) is 19.6 Å². The van der Waals surface area contributed by atoms with Gasteiger partial charge in [0, 0.05) is 53.9 Å². The third-order valence-electron chi connectivity index (χ3n) is 3.84. The quantitative estimate of drug-likeness (QED) is 0.630. The summed E-state index contributed by atoms with van der Waals surface area (Å²) >= 11 is 6.44. The Morgan fingerprint density at radius 3 is 2.95 bits per heavy atom. The molecule has 110 valence electrons. The number of halogens is 1. The second kappa shape index (κ2) is 5.03. The molecule has 0 aliphatic rings. The highest BCUT2D eigenvalue weighted by molar-refractivity contribution is 6.35. The minimum absolute atomic E-state index is 0.0233. The Morgan fingerprint density at radius 2 is 2.23 bits per heavy atom. The molecule has 1 atom stereocenters. The Balaban J connectivity index is 1.98. The van der Waals surface area contributed by atoms with Crippen LogP contribution in [0, 0.1) is 0 Å². The maximum absolute atomic E-state index is 6.44. The lowest BCUT2D eigenvalue weighted by Gasteiger charge is -2.17. The van der Waals surface area contributed by atoms with Gasteiger partial charge in [-0.2, -0.15) is 5.10 Å². The maximum Gasteiger partial charge on any atom is 0.0954 e. The van der Waals surface area contributed by atoms with Crippen molar-refractivity contribution in [1.29, 1.82) is 0 Å². The predicted octanol–water partition coefficient (Wildman–Crippen LogP) is 3.39. The monoisotopic (exact) mass is 311 g/mol. The number of aromatic nitrogens is 5. The Bertz CT molecular complexity index is 919. The molecule has 5 nitrogen and oxygen atoms in total. The van der Waals surface area contributed by atoms with Crippen LogP contribution in [0.5, 0.6) is 0 Å². The predicted molar refractivity (Wildman–Crippen MR) is 86.0 cm³/mol. The van der Waals surface area contributed by atoms with Crippen molar-refractivity contribution < 1.29 is 0 Å². The van der Waals surface area contributed by atoms with Gasteiger partial charge in [0.15, 0.2) is 0 Å². The standard InChI is InChI=1S/C16H14ClN5/c1-21-9-11(7-20-21)16(22-6-5-18-10-22)12-8-19-14-4-2-3-13(17)15(12)14/h2-10,16,19H,1H3. The largest absolute Gasteiger partial charge is 0.361 e. The smallest absolute Gasteiger partial charge is 0.0954 e. The molecule has 0 aliphatic heterocycles. The maximum atomic E-state index is 6.44. The van der Waals surface area contributed by atoms with Gasteiger partial charge in [0.05, 0.1) is 23.6 Å². The zero-order valence-corrected chi connectivity index (χ0v) is 12.7. The van der Waals surface area contributed by atoms with E-state index in [1.807, 2.05) is 56.4 Å². The fraction of sp³-hybridized carbons (Fsp3) is 0.125. The molecule has 22 heavy (non-hydrogen) atoms. The summed E-state index contributed by atoms with van der Waals surface area (Å²) in [6.45, 7) is 0. The normalized spacial score (nSPS) is 12.8. The summed E-state index contributed by atoms with van der Waals surface area (Å²) in [5.41, 5.74) is 3.21. The van der Waals surface area contributed by atoms with Crippen molar-refractivity contribution in [2.24, 2.45) is 7.05 Å². The van der Waals surface area contributed by atoms with E-state index in [0.29, 0.717) is 0 Å². The van der Waals surface area contributed by atoms with Crippen molar-refractivity contribution >= 4 is 22.5 Å². The summed E-state index contributed by atoms with van der Waals surface area (Å²) in [5, 5.41) is 6.07. The molecule has 3 aromatic heterocycles. The second-order valence-corrected chi connectivity index (χ2v) is 5.67. The summed E-state index contributed by atoms with van der Waals surface area (Å²) in [7, 11) is 1.91. The van der Waals surface area contributed by atoms with Gasteiger partial charge in [-0.15, -0.1) is 0 Å². The summed E-state index contributed by atoms with van der Waals surface area (Å²) < 4.78 is 3.86. The first-order valence-electron chi connectivity index (χ1n) is 6.95. The first kappa shape index (κ1) is 13.2. The lowest BCUT2D eigenvalue weighted by Crippen LogP contribution is -2.09. The van der Waals surface area contributed by atoms with Crippen LogP contribution in [0.3, 0.4) is 0 Å². The number of benzene rings is 1. The second-order valence-electron chi connectivity index (χ2n) is 5.27. The van der Waals surface area contributed by atoms with E-state index in [-0.39, 0.29) is 6.04 Å². The van der Waals surface area contributed by atoms with Crippen molar-refractivity contribution in [3.63, 3.8) is 0 Å². The van der Waals surface area contributed by atoms with E-state index in [9.17, 15) is 0 Å². The molecule has 4 rings (SSSR count). The Hall–Kier alpha value is -2.53. The van der Waals surface area contributed by atoms with Crippen LogP contribution in [0.1, 0.15) is 17.2 Å². The Labute approximate surface area is 132 Å². The summed E-state index contributed by atoms with van der Waals surface area (Å²) in [6, 6.07) is 5.86. The minimum atomic E-state index is -0.0233. The number of aromatic amines is 1. The molecule has 1 aromatic carbocycles. The molecule has 3 heterocycles. The van der Waals surface area contributed by atoms with Crippen molar-refractivity contribution in [2.45, 2.75) is 6.04 Å². The lowest BCUT2D eigenvalue weighted by molar-refractivity contribution is 0.679. The number of hydrogen-bond acceptors (Lipinski definition) is 2. The van der Waals surface area contributed by atoms with Crippen molar-refractivity contribution in [3.8, 4) is 0 Å². The van der Waals surface area contributed by atoms with Crippen molar-refractivity contribution in [1.82, 2.24) is 24.3 Å². The molecule has 0 amide bonds. The van der Waals surface area contributed by atoms with Gasteiger partial charge in [0.2, 0.25) is 0 Å². The van der Waals surface area contributed by atoms with Crippen LogP contribution in [-0.4, -0.2) is 24.3 Å². The fourth-order valence-corrected chi connectivity index (χ4v) is 3.18. The zero-order chi connectivity index (χ0) is 15.1. The van der Waals surface area contributed by atoms with Gasteiger partial charge in [-0.05, 0) is 12.1 Å². The van der Waals surface area contributed by atoms with Crippen LogP contribution in [0.2, 0.25) is 5.02 Å². The fourth-order valence-electron chi connectivity index (χ4n) is 2.90. The van der Waals surface area contributed by atoms with Gasteiger partial charge in [-0.3, -0.25) is 4.68 Å². The van der Waals surface area contributed by atoms with Gasteiger partial charge < -0.3 is 9.55 Å². The molecule has 0 saturated heterocycles. The average Bonchev–Trinajstić information content (AvgIpc) is 3.22. The van der Waals surface area contributed by atoms with Gasteiger partial charge in [-0.25, -0.2) is 4.98 Å². The molecule has 0 radical (unpaired) electrons. The van der Waals surface area contributed by atoms with E-state index in [1.54, 1.807) is 10.9 Å². The molecular weight excluding hydrogens is 298 g/mol. The third-order valence-corrected chi connectivity index (χ3v) is 4.16. The number of fused-ring (bicyclic) bond motifs is 1. The Morgan fingerprint density at radius 1 is 1.32 bits per heavy atom. The SMILES string of the molecule is Cn1cc(C(c2c[nH]c3cccc(Cl)c23)n2ccnc2)cn1. The number of imidazole rings is 1. The highest BCUT2D eigenvalue weighted by atomic mass is 35.5. The molecule has 0 aliphatic carbocycles. The van der Waals surface area contributed by atoms with Crippen LogP contribution in [-0.2, 0) is 7.05 Å². The van der Waals surface area contributed by atoms with Crippen LogP contribution < -0.4 is 0 Å². The summed E-state index contributed by atoms with van der Waals surface area (Å²) in [5.74, 6) is 0. The van der Waals surface area contributed by atoms with Crippen LogP contribution >= 0.6 is 11.6 Å². The molecule has 0 spiro atoms. The molecule has 6 heteroatoms. The Kier molecular flexibility index (Phi) is 3.01. The number of aryl methyl sites for hydroxylation is 1. The molecule has 1 N–H and O–H groups in total. The minimum Gasteiger partial charge on any atom is -0.361 e. The van der Waals surface area contributed by atoms with E-state index in [4.69, 9.17) is 11.6 Å². The van der Waals surface area contributed by atoms with Gasteiger partial charge in [0.25, 0.3) is 0 Å². The van der Waals surface area contributed by atoms with Gasteiger partial charge in [-0.1, -0.05) is 17.7 Å². The zero-order valence-electron chi connectivity index (χ0n) is 11.9. The first-order chi connectivity index (χ1) is 10.7. The third kappa shape index (κ3) is 2.02. The van der Waals surface area contributed by atoms with Gasteiger partial charge in [0.1, 0.15) is 0 Å². The number of nitrogens with zero attached hydrogens (tertiary/aromatic N) is 4. The van der Waals surface area contributed by atoms with Crippen molar-refractivity contribution in [2.75, 3.05) is 0 Å². The van der Waals surface area contributed by atoms with Gasteiger partial charge >= 0.3 is 0 Å². The topological polar surface area (TPSA) is 51.4 Å². The highest BCUT2D eigenvalue weighted by Crippen LogP contribution is 2.35. The number of nitrogens with one attached hydrogen (secondary N) is 1. The summed E-state index contributed by atoms with van der Waals surface area (Å²) in [4.78, 5) is 7.48. The lowest BCUT2D eigenvalue weighted by atomic mass is 10.0. The van der Waals surface area contributed by atoms with E-state index < -0.39 is 0 Å². The van der Waals surface area contributed by atoms with Crippen LogP contribution in [0.15, 0.2) is 55.5 Å².